The number of hydrogen-bond donors (Lipinski definition) is 1. The lowest BCUT2D eigenvalue weighted by Gasteiger charge is -2.26. The van der Waals surface area contributed by atoms with Crippen molar-refractivity contribution in [3.8, 4) is 0 Å². The van der Waals surface area contributed by atoms with Crippen LogP contribution in [0.2, 0.25) is 0 Å². The van der Waals surface area contributed by atoms with Crippen LogP contribution in [0.1, 0.15) is 0 Å². The maximum atomic E-state index is 11.2. The quantitative estimate of drug-likeness (QED) is 0.599. The lowest BCUT2D eigenvalue weighted by molar-refractivity contribution is -0.127. The Kier molecular flexibility index (Phi) is 3.11. The molecule has 0 aromatic rings. The molecule has 1 rings (SSSR count). The number of hydrogen-bond acceptors (Lipinski definition) is 2. The van der Waals surface area contributed by atoms with Gasteiger partial charge in [-0.1, -0.05) is 6.08 Å². The third kappa shape index (κ3) is 2.35. The summed E-state index contributed by atoms with van der Waals surface area (Å²) in [4.78, 5) is 13.0. The van der Waals surface area contributed by atoms with Gasteiger partial charge in [0.2, 0.25) is 5.91 Å². The van der Waals surface area contributed by atoms with Crippen LogP contribution in [0.25, 0.3) is 0 Å². The van der Waals surface area contributed by atoms with Crippen LogP contribution in [-0.4, -0.2) is 37.0 Å². The first kappa shape index (κ1) is 8.27. The first-order valence-corrected chi connectivity index (χ1v) is 3.80. The molecule has 1 saturated heterocycles. The van der Waals surface area contributed by atoms with Crippen LogP contribution < -0.4 is 5.32 Å². The Hall–Kier alpha value is -0.830. The molecule has 1 heterocycles. The summed E-state index contributed by atoms with van der Waals surface area (Å²) in [5, 5.41) is 3.18. The molecule has 11 heavy (non-hydrogen) atoms. The number of piperazine rings is 1. The Balaban J connectivity index is 2.32. The van der Waals surface area contributed by atoms with Crippen LogP contribution in [0.5, 0.6) is 0 Å². The summed E-state index contributed by atoms with van der Waals surface area (Å²) in [7, 11) is 0. The number of rotatable bonds is 2. The largest absolute Gasteiger partial charge is 0.340 e. The smallest absolute Gasteiger partial charge is 0.230 e. The highest BCUT2D eigenvalue weighted by Crippen LogP contribution is 1.95. The van der Waals surface area contributed by atoms with Crippen LogP contribution in [0.4, 0.5) is 0 Å². The van der Waals surface area contributed by atoms with E-state index in [1.165, 1.54) is 12.5 Å². The molecule has 0 atom stereocenters. The van der Waals surface area contributed by atoms with E-state index in [1.807, 2.05) is 4.90 Å². The molecule has 0 bridgehead atoms. The van der Waals surface area contributed by atoms with E-state index in [2.05, 4.69) is 11.9 Å². The Bertz CT molecular complexity index is 150. The number of carbonyl (C=O) groups excluding carboxylic acids is 1. The van der Waals surface area contributed by atoms with Gasteiger partial charge in [0.1, 0.15) is 0 Å². The van der Waals surface area contributed by atoms with Gasteiger partial charge in [0.05, 0.1) is 6.42 Å². The van der Waals surface area contributed by atoms with Gasteiger partial charge in [-0.3, -0.25) is 4.79 Å². The molecular formula is C8H13N2O. The SMILES string of the molecule is C=C[CH][14C](=O)N1CCNCC1. The standard InChI is InChI=1S/C8H13N2O/c1-2-3-8(11)10-6-4-9-5-7-10/h2-3,9H,1,4-7H2/i8+2. The van der Waals surface area contributed by atoms with E-state index in [-0.39, 0.29) is 5.91 Å². The van der Waals surface area contributed by atoms with Crippen molar-refractivity contribution < 1.29 is 4.79 Å². The second-order valence-corrected chi connectivity index (χ2v) is 2.48. The minimum atomic E-state index is 0.0708. The Labute approximate surface area is 67.1 Å². The van der Waals surface area contributed by atoms with E-state index in [4.69, 9.17) is 0 Å². The number of carbonyl (C=O) groups is 1. The van der Waals surface area contributed by atoms with Gasteiger partial charge in [0.25, 0.3) is 0 Å². The van der Waals surface area contributed by atoms with Crippen molar-refractivity contribution in [2.45, 2.75) is 0 Å². The van der Waals surface area contributed by atoms with Gasteiger partial charge in [0.15, 0.2) is 0 Å². The van der Waals surface area contributed by atoms with Crippen LogP contribution in [0, 0.1) is 6.42 Å². The third-order valence-corrected chi connectivity index (χ3v) is 1.69. The molecular weight excluding hydrogens is 142 g/mol. The van der Waals surface area contributed by atoms with Gasteiger partial charge >= 0.3 is 0 Å². The van der Waals surface area contributed by atoms with Gasteiger partial charge < -0.3 is 10.2 Å². The molecule has 3 heteroatoms. The molecule has 1 fully saturated rings. The minimum Gasteiger partial charge on any atom is -0.340 e. The Morgan fingerprint density at radius 3 is 2.64 bits per heavy atom. The Morgan fingerprint density at radius 2 is 2.09 bits per heavy atom. The lowest BCUT2D eigenvalue weighted by atomic mass is 10.4. The predicted molar refractivity (Wildman–Crippen MR) is 43.9 cm³/mol. The predicted octanol–water partition coefficient (Wildman–Crippen LogP) is -0.192. The molecule has 1 amide bonds. The fourth-order valence-corrected chi connectivity index (χ4v) is 1.09. The highest BCUT2D eigenvalue weighted by molar-refractivity contribution is 5.86. The maximum Gasteiger partial charge on any atom is 0.230 e. The monoisotopic (exact) mass is 155 g/mol. The van der Waals surface area contributed by atoms with Crippen molar-refractivity contribution in [3.05, 3.63) is 19.1 Å². The van der Waals surface area contributed by atoms with Gasteiger partial charge in [0, 0.05) is 26.2 Å². The summed E-state index contributed by atoms with van der Waals surface area (Å²) in [6, 6.07) is 0. The van der Waals surface area contributed by atoms with Crippen LogP contribution in [-0.2, 0) is 4.79 Å². The average Bonchev–Trinajstić information content (AvgIpc) is 2.07. The van der Waals surface area contributed by atoms with Gasteiger partial charge in [-0.2, -0.15) is 0 Å². The molecule has 0 aromatic carbocycles. The number of nitrogens with zero attached hydrogens (tertiary/aromatic N) is 1. The first-order chi connectivity index (χ1) is 5.34. The summed E-state index contributed by atoms with van der Waals surface area (Å²) < 4.78 is 0. The van der Waals surface area contributed by atoms with Crippen molar-refractivity contribution in [1.82, 2.24) is 10.2 Å². The zero-order chi connectivity index (χ0) is 8.10. The fraction of sp³-hybridized carbons (Fsp3) is 0.500. The molecule has 0 unspecified atom stereocenters. The van der Waals surface area contributed by atoms with E-state index in [9.17, 15) is 4.79 Å². The van der Waals surface area contributed by atoms with E-state index in [0.29, 0.717) is 0 Å². The summed E-state index contributed by atoms with van der Waals surface area (Å²) in [6.45, 7) is 6.89. The Morgan fingerprint density at radius 1 is 1.45 bits per heavy atom. The zero-order valence-electron chi connectivity index (χ0n) is 6.55. The highest BCUT2D eigenvalue weighted by Gasteiger charge is 2.13. The second kappa shape index (κ2) is 4.13. The topological polar surface area (TPSA) is 32.3 Å². The zero-order valence-corrected chi connectivity index (χ0v) is 6.55. The van der Waals surface area contributed by atoms with E-state index in [1.54, 1.807) is 0 Å². The van der Waals surface area contributed by atoms with Crippen LogP contribution >= 0.6 is 0 Å². The summed E-state index contributed by atoms with van der Waals surface area (Å²) >= 11 is 0. The van der Waals surface area contributed by atoms with Crippen molar-refractivity contribution in [2.75, 3.05) is 26.2 Å². The van der Waals surface area contributed by atoms with Crippen molar-refractivity contribution in [2.24, 2.45) is 0 Å². The summed E-state index contributed by atoms with van der Waals surface area (Å²) in [6.07, 6.45) is 3.04. The van der Waals surface area contributed by atoms with Crippen LogP contribution in [0.15, 0.2) is 12.7 Å². The van der Waals surface area contributed by atoms with Crippen LogP contribution in [0.3, 0.4) is 0 Å². The molecule has 1 aliphatic rings. The maximum absolute atomic E-state index is 11.2. The molecule has 0 aromatic heterocycles. The molecule has 61 valence electrons. The fourth-order valence-electron chi connectivity index (χ4n) is 1.09. The van der Waals surface area contributed by atoms with Crippen molar-refractivity contribution >= 4 is 5.91 Å². The van der Waals surface area contributed by atoms with Crippen molar-refractivity contribution in [1.29, 1.82) is 0 Å². The second-order valence-electron chi connectivity index (χ2n) is 2.48. The van der Waals surface area contributed by atoms with Gasteiger partial charge in [-0.05, 0) is 0 Å². The minimum absolute atomic E-state index is 0.0708. The summed E-state index contributed by atoms with van der Waals surface area (Å²) in [5.74, 6) is 0.0708. The lowest BCUT2D eigenvalue weighted by Crippen LogP contribution is -2.46. The summed E-state index contributed by atoms with van der Waals surface area (Å²) in [5.41, 5.74) is 0. The van der Waals surface area contributed by atoms with E-state index < -0.39 is 0 Å². The normalized spacial score (nSPS) is 18.0. The molecule has 1 N–H and O–H groups in total. The van der Waals surface area contributed by atoms with Gasteiger partial charge in [-0.15, -0.1) is 6.58 Å². The van der Waals surface area contributed by atoms with Crippen molar-refractivity contribution in [3.63, 3.8) is 0 Å². The van der Waals surface area contributed by atoms with E-state index in [0.717, 1.165) is 26.2 Å². The highest BCUT2D eigenvalue weighted by atomic mass is 16.3. The molecule has 1 radical (unpaired) electrons. The molecule has 0 spiro atoms. The first-order valence-electron chi connectivity index (χ1n) is 3.80. The molecule has 1 aliphatic heterocycles. The number of amides is 1. The number of nitrogens with one attached hydrogen (secondary N) is 1. The van der Waals surface area contributed by atoms with Gasteiger partial charge in [-0.25, -0.2) is 0 Å². The van der Waals surface area contributed by atoms with E-state index >= 15 is 0 Å². The molecule has 0 aliphatic carbocycles. The molecule has 3 nitrogen and oxygen atoms in total. The molecule has 0 saturated carbocycles. The average molecular weight is 155 g/mol. The third-order valence-electron chi connectivity index (χ3n) is 1.69.